The minimum Gasteiger partial charge on any atom is -0.337 e. The average Bonchev–Trinajstić information content (AvgIpc) is 3.28. The predicted octanol–water partition coefficient (Wildman–Crippen LogP) is 4.55. The molecule has 1 atom stereocenters. The van der Waals surface area contributed by atoms with Crippen LogP contribution in [0.25, 0.3) is 11.1 Å². The Kier molecular flexibility index (Phi) is 5.12. The molecule has 0 aliphatic carbocycles. The molecule has 27 heavy (non-hydrogen) atoms. The monoisotopic (exact) mass is 376 g/mol. The molecular weight excluding hydrogens is 356 g/mol. The Morgan fingerprint density at radius 2 is 1.74 bits per heavy atom. The lowest BCUT2D eigenvalue weighted by Gasteiger charge is -2.31. The van der Waals surface area contributed by atoms with Crippen LogP contribution < -0.4 is 0 Å². The maximum atomic E-state index is 13.0. The molecular formula is C22H20N2O2S. The number of thiazole rings is 1. The number of piperidine rings is 1. The second kappa shape index (κ2) is 7.84. The largest absolute Gasteiger partial charge is 0.337 e. The molecule has 0 saturated carbocycles. The Labute approximate surface area is 162 Å². The lowest BCUT2D eigenvalue weighted by atomic mass is 9.89. The highest BCUT2D eigenvalue weighted by molar-refractivity contribution is 7.07. The summed E-state index contributed by atoms with van der Waals surface area (Å²) in [6.45, 7) is 1.16. The third-order valence-corrected chi connectivity index (χ3v) is 5.59. The summed E-state index contributed by atoms with van der Waals surface area (Å²) in [6.07, 6.45) is 1.66. The van der Waals surface area contributed by atoms with Crippen LogP contribution >= 0.6 is 11.3 Å². The molecule has 1 aliphatic heterocycles. The number of amides is 1. The van der Waals surface area contributed by atoms with E-state index in [9.17, 15) is 9.59 Å². The quantitative estimate of drug-likeness (QED) is 0.628. The summed E-state index contributed by atoms with van der Waals surface area (Å²) < 4.78 is 0. The van der Waals surface area contributed by atoms with E-state index in [2.05, 4.69) is 17.1 Å². The third kappa shape index (κ3) is 3.83. The van der Waals surface area contributed by atoms with E-state index in [-0.39, 0.29) is 17.6 Å². The number of likely N-dealkylation sites (tertiary alicyclic amines) is 1. The Hall–Kier alpha value is -2.79. The molecule has 1 fully saturated rings. The molecule has 136 valence electrons. The van der Waals surface area contributed by atoms with E-state index in [0.29, 0.717) is 24.3 Å². The highest BCUT2D eigenvalue weighted by atomic mass is 32.1. The van der Waals surface area contributed by atoms with Crippen molar-refractivity contribution in [2.45, 2.75) is 12.8 Å². The van der Waals surface area contributed by atoms with Gasteiger partial charge in [-0.15, -0.1) is 11.3 Å². The van der Waals surface area contributed by atoms with E-state index in [1.165, 1.54) is 11.3 Å². The fourth-order valence-corrected chi connectivity index (χ4v) is 4.07. The molecule has 0 spiro atoms. The van der Waals surface area contributed by atoms with Crippen molar-refractivity contribution in [1.29, 1.82) is 0 Å². The normalized spacial score (nSPS) is 16.9. The second-order valence-electron chi connectivity index (χ2n) is 6.77. The Morgan fingerprint density at radius 1 is 1.00 bits per heavy atom. The van der Waals surface area contributed by atoms with Crippen LogP contribution in [0.15, 0.2) is 65.5 Å². The van der Waals surface area contributed by atoms with Crippen LogP contribution in [-0.2, 0) is 0 Å². The molecule has 0 unspecified atom stereocenters. The van der Waals surface area contributed by atoms with E-state index in [1.54, 1.807) is 15.8 Å². The zero-order chi connectivity index (χ0) is 18.6. The van der Waals surface area contributed by atoms with Gasteiger partial charge in [0.1, 0.15) is 5.69 Å². The highest BCUT2D eigenvalue weighted by Gasteiger charge is 2.30. The fraction of sp³-hybridized carbons (Fsp3) is 0.227. The first kappa shape index (κ1) is 17.6. The summed E-state index contributed by atoms with van der Waals surface area (Å²) in [7, 11) is 0. The van der Waals surface area contributed by atoms with Gasteiger partial charge in [-0.05, 0) is 24.0 Å². The van der Waals surface area contributed by atoms with Gasteiger partial charge in [-0.25, -0.2) is 4.98 Å². The SMILES string of the molecule is O=C(c1ccc(-c2ccccc2)cc1)[C@H]1CCCN(C(=O)c2cscn2)C1. The smallest absolute Gasteiger partial charge is 0.273 e. The van der Waals surface area contributed by atoms with E-state index in [1.807, 2.05) is 42.5 Å². The first-order valence-electron chi connectivity index (χ1n) is 9.09. The standard InChI is InChI=1S/C22H20N2O2S/c25-21(18-10-8-17(9-11-18)16-5-2-1-3-6-16)19-7-4-12-24(13-19)22(26)20-14-27-15-23-20/h1-3,5-6,8-11,14-15,19H,4,7,12-13H2/t19-/m0/s1. The van der Waals surface area contributed by atoms with E-state index in [4.69, 9.17) is 0 Å². The number of nitrogens with zero attached hydrogens (tertiary/aromatic N) is 2. The van der Waals surface area contributed by atoms with Gasteiger partial charge in [0, 0.05) is 30.0 Å². The number of rotatable bonds is 4. The molecule has 1 saturated heterocycles. The number of hydrogen-bond acceptors (Lipinski definition) is 4. The summed E-state index contributed by atoms with van der Waals surface area (Å²) in [5, 5.41) is 1.76. The van der Waals surface area contributed by atoms with E-state index >= 15 is 0 Å². The molecule has 2 heterocycles. The summed E-state index contributed by atoms with van der Waals surface area (Å²) in [5.74, 6) is -0.109. The predicted molar refractivity (Wildman–Crippen MR) is 107 cm³/mol. The number of aromatic nitrogens is 1. The van der Waals surface area contributed by atoms with Crippen LogP contribution in [0, 0.1) is 5.92 Å². The number of Topliss-reactive ketones (excluding diaryl/α,β-unsaturated/α-hetero) is 1. The lowest BCUT2D eigenvalue weighted by Crippen LogP contribution is -2.42. The summed E-state index contributed by atoms with van der Waals surface area (Å²) >= 11 is 1.41. The Morgan fingerprint density at radius 3 is 2.44 bits per heavy atom. The zero-order valence-corrected chi connectivity index (χ0v) is 15.7. The molecule has 4 rings (SSSR count). The van der Waals surface area contributed by atoms with Crippen LogP contribution in [0.3, 0.4) is 0 Å². The third-order valence-electron chi connectivity index (χ3n) is 5.01. The number of carbonyl (C=O) groups is 2. The number of benzene rings is 2. The summed E-state index contributed by atoms with van der Waals surface area (Å²) in [6, 6.07) is 17.9. The van der Waals surface area contributed by atoms with Crippen LogP contribution in [0.1, 0.15) is 33.7 Å². The number of hydrogen-bond donors (Lipinski definition) is 0. The number of ketones is 1. The second-order valence-corrected chi connectivity index (χ2v) is 7.49. The van der Waals surface area contributed by atoms with Crippen molar-refractivity contribution in [2.75, 3.05) is 13.1 Å². The van der Waals surface area contributed by atoms with Crippen LogP contribution in [0.2, 0.25) is 0 Å². The molecule has 0 radical (unpaired) electrons. The zero-order valence-electron chi connectivity index (χ0n) is 14.9. The molecule has 1 aliphatic rings. The molecule has 1 aromatic heterocycles. The van der Waals surface area contributed by atoms with Crippen LogP contribution in [-0.4, -0.2) is 34.7 Å². The minimum absolute atomic E-state index is 0.0758. The van der Waals surface area contributed by atoms with Crippen molar-refractivity contribution < 1.29 is 9.59 Å². The first-order valence-corrected chi connectivity index (χ1v) is 10.0. The molecule has 1 amide bonds. The van der Waals surface area contributed by atoms with Gasteiger partial charge in [0.05, 0.1) is 5.51 Å². The fourth-order valence-electron chi connectivity index (χ4n) is 3.55. The van der Waals surface area contributed by atoms with Crippen molar-refractivity contribution in [1.82, 2.24) is 9.88 Å². The van der Waals surface area contributed by atoms with Gasteiger partial charge in [0.2, 0.25) is 0 Å². The first-order chi connectivity index (χ1) is 13.2. The molecule has 5 heteroatoms. The highest BCUT2D eigenvalue weighted by Crippen LogP contribution is 2.24. The summed E-state index contributed by atoms with van der Waals surface area (Å²) in [4.78, 5) is 31.3. The van der Waals surface area contributed by atoms with Gasteiger partial charge in [0.25, 0.3) is 5.91 Å². The van der Waals surface area contributed by atoms with Crippen LogP contribution in [0.5, 0.6) is 0 Å². The van der Waals surface area contributed by atoms with Crippen LogP contribution in [0.4, 0.5) is 0 Å². The molecule has 0 bridgehead atoms. The number of carbonyl (C=O) groups excluding carboxylic acids is 2. The topological polar surface area (TPSA) is 50.3 Å². The minimum atomic E-state index is -0.149. The van der Waals surface area contributed by atoms with Crippen molar-refractivity contribution in [3.8, 4) is 11.1 Å². The summed E-state index contributed by atoms with van der Waals surface area (Å²) in [5.41, 5.74) is 5.07. The van der Waals surface area contributed by atoms with Crippen molar-refractivity contribution in [3.63, 3.8) is 0 Å². The van der Waals surface area contributed by atoms with Crippen molar-refractivity contribution in [2.24, 2.45) is 5.92 Å². The average molecular weight is 376 g/mol. The van der Waals surface area contributed by atoms with E-state index in [0.717, 1.165) is 24.0 Å². The molecule has 0 N–H and O–H groups in total. The Balaban J connectivity index is 1.46. The van der Waals surface area contributed by atoms with E-state index < -0.39 is 0 Å². The van der Waals surface area contributed by atoms with Gasteiger partial charge in [-0.1, -0.05) is 54.6 Å². The van der Waals surface area contributed by atoms with Gasteiger partial charge in [0.15, 0.2) is 5.78 Å². The van der Waals surface area contributed by atoms with Gasteiger partial charge in [-0.2, -0.15) is 0 Å². The molecule has 4 nitrogen and oxygen atoms in total. The van der Waals surface area contributed by atoms with Crippen molar-refractivity contribution in [3.05, 3.63) is 76.7 Å². The molecule has 3 aromatic rings. The van der Waals surface area contributed by atoms with Crippen molar-refractivity contribution >= 4 is 23.0 Å². The van der Waals surface area contributed by atoms with Gasteiger partial charge in [-0.3, -0.25) is 9.59 Å². The van der Waals surface area contributed by atoms with Gasteiger partial charge >= 0.3 is 0 Å². The van der Waals surface area contributed by atoms with Gasteiger partial charge < -0.3 is 4.90 Å². The maximum Gasteiger partial charge on any atom is 0.273 e. The molecule has 2 aromatic carbocycles. The Bertz CT molecular complexity index is 921. The lowest BCUT2D eigenvalue weighted by molar-refractivity contribution is 0.0633. The maximum absolute atomic E-state index is 13.0.